The zero-order valence-electron chi connectivity index (χ0n) is 14.3. The second-order valence-electron chi connectivity index (χ2n) is 6.13. The zero-order chi connectivity index (χ0) is 17.1. The molecule has 1 atom stereocenters. The maximum Gasteiger partial charge on any atom is 0.197 e. The molecule has 0 saturated heterocycles. The van der Waals surface area contributed by atoms with Crippen LogP contribution in [0.15, 0.2) is 47.3 Å². The lowest BCUT2D eigenvalue weighted by atomic mass is 10.1. The maximum absolute atomic E-state index is 12.8. The number of fused-ring (bicyclic) bond motifs is 2. The van der Waals surface area contributed by atoms with Crippen molar-refractivity contribution in [3.63, 3.8) is 0 Å². The van der Waals surface area contributed by atoms with E-state index in [1.54, 1.807) is 0 Å². The highest BCUT2D eigenvalue weighted by Gasteiger charge is 2.16. The van der Waals surface area contributed by atoms with Gasteiger partial charge in [-0.25, -0.2) is 5.48 Å². The van der Waals surface area contributed by atoms with Crippen LogP contribution in [0.25, 0.3) is 21.8 Å². The molecule has 0 spiro atoms. The van der Waals surface area contributed by atoms with Crippen LogP contribution in [0.3, 0.4) is 0 Å². The summed E-state index contributed by atoms with van der Waals surface area (Å²) in [5.41, 5.74) is 5.65. The van der Waals surface area contributed by atoms with E-state index in [4.69, 9.17) is 4.84 Å². The number of nitrogens with zero attached hydrogens (tertiary/aromatic N) is 1. The van der Waals surface area contributed by atoms with Crippen LogP contribution in [0.5, 0.6) is 0 Å². The second kappa shape index (κ2) is 7.13. The van der Waals surface area contributed by atoms with Gasteiger partial charge in [-0.15, -0.1) is 0 Å². The summed E-state index contributed by atoms with van der Waals surface area (Å²) < 4.78 is 0. The van der Waals surface area contributed by atoms with Crippen LogP contribution >= 0.6 is 0 Å². The lowest BCUT2D eigenvalue weighted by Gasteiger charge is -2.24. The minimum absolute atomic E-state index is 0.0419. The summed E-state index contributed by atoms with van der Waals surface area (Å²) in [6, 6.07) is 13.4. The predicted octanol–water partition coefficient (Wildman–Crippen LogP) is 3.17. The fourth-order valence-corrected chi connectivity index (χ4v) is 2.80. The van der Waals surface area contributed by atoms with Crippen molar-refractivity contribution >= 4 is 21.8 Å². The number of rotatable bonds is 6. The third-order valence-electron chi connectivity index (χ3n) is 4.03. The fraction of sp³-hybridized carbons (Fsp3) is 0.316. The summed E-state index contributed by atoms with van der Waals surface area (Å²) in [4.78, 5) is 23.9. The van der Waals surface area contributed by atoms with Gasteiger partial charge in [0, 0.05) is 28.4 Å². The number of aromatic nitrogens is 1. The van der Waals surface area contributed by atoms with Gasteiger partial charge in [-0.1, -0.05) is 25.1 Å². The highest BCUT2D eigenvalue weighted by atomic mass is 16.7. The van der Waals surface area contributed by atoms with Gasteiger partial charge in [0.15, 0.2) is 11.7 Å². The molecule has 5 heteroatoms. The Hall–Kier alpha value is -2.21. The summed E-state index contributed by atoms with van der Waals surface area (Å²) >= 11 is 0. The van der Waals surface area contributed by atoms with Gasteiger partial charge in [0.25, 0.3) is 0 Å². The van der Waals surface area contributed by atoms with E-state index in [9.17, 15) is 4.79 Å². The molecule has 1 heterocycles. The lowest BCUT2D eigenvalue weighted by Crippen LogP contribution is -2.29. The summed E-state index contributed by atoms with van der Waals surface area (Å²) in [5.74, 6) is 0. The number of pyridine rings is 1. The van der Waals surface area contributed by atoms with Crippen LogP contribution in [-0.2, 0) is 4.84 Å². The van der Waals surface area contributed by atoms with E-state index >= 15 is 0 Å². The molecule has 1 unspecified atom stereocenters. The van der Waals surface area contributed by atoms with Crippen LogP contribution in [0, 0.1) is 0 Å². The first-order chi connectivity index (χ1) is 11.6. The molecule has 3 rings (SSSR count). The van der Waals surface area contributed by atoms with Crippen molar-refractivity contribution in [3.8, 4) is 0 Å². The SMILES string of the molecule is CCCNOC(c1ccc2[nH]c3ccccc3c(=O)c2c1)N(C)C. The number of hydroxylamine groups is 1. The van der Waals surface area contributed by atoms with Gasteiger partial charge >= 0.3 is 0 Å². The third-order valence-corrected chi connectivity index (χ3v) is 4.03. The highest BCUT2D eigenvalue weighted by molar-refractivity contribution is 5.92. The molecule has 3 aromatic rings. The topological polar surface area (TPSA) is 57.4 Å². The molecule has 0 fully saturated rings. The lowest BCUT2D eigenvalue weighted by molar-refractivity contribution is -0.0963. The molecule has 5 nitrogen and oxygen atoms in total. The van der Waals surface area contributed by atoms with Crippen LogP contribution in [0.2, 0.25) is 0 Å². The smallest absolute Gasteiger partial charge is 0.197 e. The molecule has 1 aromatic heterocycles. The van der Waals surface area contributed by atoms with Crippen LogP contribution in [0.1, 0.15) is 25.1 Å². The summed E-state index contributed by atoms with van der Waals surface area (Å²) in [5, 5.41) is 1.38. The summed E-state index contributed by atoms with van der Waals surface area (Å²) in [6.45, 7) is 2.87. The zero-order valence-corrected chi connectivity index (χ0v) is 14.3. The van der Waals surface area contributed by atoms with Gasteiger partial charge in [-0.3, -0.25) is 14.5 Å². The average Bonchev–Trinajstić information content (AvgIpc) is 2.59. The van der Waals surface area contributed by atoms with Crippen LogP contribution in [0.4, 0.5) is 0 Å². The number of benzene rings is 2. The van der Waals surface area contributed by atoms with E-state index < -0.39 is 0 Å². The van der Waals surface area contributed by atoms with E-state index in [1.807, 2.05) is 61.5 Å². The minimum Gasteiger partial charge on any atom is -0.354 e. The highest BCUT2D eigenvalue weighted by Crippen LogP contribution is 2.23. The van der Waals surface area contributed by atoms with Crippen molar-refractivity contribution in [2.45, 2.75) is 19.6 Å². The van der Waals surface area contributed by atoms with Crippen molar-refractivity contribution < 1.29 is 4.84 Å². The van der Waals surface area contributed by atoms with Crippen LogP contribution in [-0.4, -0.2) is 30.5 Å². The van der Waals surface area contributed by atoms with Gasteiger partial charge < -0.3 is 4.98 Å². The number of hydrogen-bond acceptors (Lipinski definition) is 4. The molecule has 2 N–H and O–H groups in total. The number of H-pyrrole nitrogens is 1. The second-order valence-corrected chi connectivity index (χ2v) is 6.13. The fourth-order valence-electron chi connectivity index (χ4n) is 2.80. The molecular formula is C19H23N3O2. The molecule has 0 radical (unpaired) electrons. The van der Waals surface area contributed by atoms with Gasteiger partial charge in [-0.05, 0) is 50.3 Å². The third kappa shape index (κ3) is 3.19. The van der Waals surface area contributed by atoms with E-state index in [2.05, 4.69) is 17.4 Å². The molecule has 24 heavy (non-hydrogen) atoms. The summed E-state index contributed by atoms with van der Waals surface area (Å²) in [7, 11) is 3.90. The molecule has 0 aliphatic carbocycles. The van der Waals surface area contributed by atoms with Gasteiger partial charge in [0.05, 0.1) is 0 Å². The maximum atomic E-state index is 12.8. The Morgan fingerprint density at radius 1 is 1.12 bits per heavy atom. The molecular weight excluding hydrogens is 302 g/mol. The Kier molecular flexibility index (Phi) is 4.94. The first kappa shape index (κ1) is 16.6. The summed E-state index contributed by atoms with van der Waals surface area (Å²) in [6.07, 6.45) is 0.732. The standard InChI is InChI=1S/C19H23N3O2/c1-4-11-20-24-19(22(2)3)13-9-10-17-15(12-13)18(23)14-7-5-6-8-16(14)21-17/h5-10,12,19-20H,4,11H2,1-3H3,(H,21,23). The largest absolute Gasteiger partial charge is 0.354 e. The predicted molar refractivity (Wildman–Crippen MR) is 97.9 cm³/mol. The van der Waals surface area contributed by atoms with E-state index in [0.717, 1.165) is 29.6 Å². The molecule has 0 aliphatic heterocycles. The van der Waals surface area contributed by atoms with E-state index in [0.29, 0.717) is 10.8 Å². The first-order valence-corrected chi connectivity index (χ1v) is 8.21. The molecule has 126 valence electrons. The van der Waals surface area contributed by atoms with Crippen molar-refractivity contribution in [2.24, 2.45) is 0 Å². The van der Waals surface area contributed by atoms with Gasteiger partial charge in [0.2, 0.25) is 0 Å². The normalized spacial score (nSPS) is 13.0. The van der Waals surface area contributed by atoms with E-state index in [-0.39, 0.29) is 11.7 Å². The van der Waals surface area contributed by atoms with Crippen molar-refractivity contribution in [3.05, 3.63) is 58.3 Å². The molecule has 0 aliphatic rings. The van der Waals surface area contributed by atoms with Gasteiger partial charge in [-0.2, -0.15) is 0 Å². The Morgan fingerprint density at radius 2 is 1.88 bits per heavy atom. The number of hydrogen-bond donors (Lipinski definition) is 2. The molecule has 0 saturated carbocycles. The van der Waals surface area contributed by atoms with Crippen molar-refractivity contribution in [2.75, 3.05) is 20.6 Å². The number of para-hydroxylation sites is 1. The van der Waals surface area contributed by atoms with Gasteiger partial charge in [0.1, 0.15) is 0 Å². The number of nitrogens with one attached hydrogen (secondary N) is 2. The van der Waals surface area contributed by atoms with Crippen LogP contribution < -0.4 is 10.9 Å². The Balaban J connectivity index is 2.07. The first-order valence-electron chi connectivity index (χ1n) is 8.21. The quantitative estimate of drug-likeness (QED) is 0.316. The van der Waals surface area contributed by atoms with Crippen molar-refractivity contribution in [1.29, 1.82) is 0 Å². The average molecular weight is 325 g/mol. The molecule has 0 bridgehead atoms. The number of aromatic amines is 1. The van der Waals surface area contributed by atoms with Crippen molar-refractivity contribution in [1.82, 2.24) is 15.4 Å². The Morgan fingerprint density at radius 3 is 2.62 bits per heavy atom. The Bertz CT molecular complexity index is 902. The molecule has 0 amide bonds. The van der Waals surface area contributed by atoms with E-state index in [1.165, 1.54) is 0 Å². The Labute approximate surface area is 141 Å². The molecule has 2 aromatic carbocycles. The monoisotopic (exact) mass is 325 g/mol. The minimum atomic E-state index is -0.258.